The molecule has 5 rings (SSSR count). The topological polar surface area (TPSA) is 79.9 Å². The van der Waals surface area contributed by atoms with Gasteiger partial charge in [0.2, 0.25) is 11.8 Å². The lowest BCUT2D eigenvalue weighted by Crippen LogP contribution is -2.53. The number of rotatable bonds is 3. The van der Waals surface area contributed by atoms with Crippen LogP contribution < -0.4 is 20.1 Å². The molecule has 2 amide bonds. The van der Waals surface area contributed by atoms with Crippen molar-refractivity contribution in [1.29, 1.82) is 0 Å². The molecule has 1 fully saturated rings. The van der Waals surface area contributed by atoms with E-state index in [1.807, 2.05) is 12.1 Å². The number of carbonyl (C=O) groups is 2. The molecular formula is C23H25N3O4. The number of hydrogen-bond acceptors (Lipinski definition) is 5. The summed E-state index contributed by atoms with van der Waals surface area (Å²) in [4.78, 5) is 27.9. The van der Waals surface area contributed by atoms with Gasteiger partial charge in [0, 0.05) is 24.8 Å². The van der Waals surface area contributed by atoms with Crippen molar-refractivity contribution in [3.05, 3.63) is 53.6 Å². The fourth-order valence-electron chi connectivity index (χ4n) is 4.48. The van der Waals surface area contributed by atoms with Crippen LogP contribution in [-0.2, 0) is 22.6 Å². The largest absolute Gasteiger partial charge is 0.486 e. The van der Waals surface area contributed by atoms with E-state index >= 15 is 0 Å². The molecule has 2 atom stereocenters. The minimum atomic E-state index is -0.454. The predicted octanol–water partition coefficient (Wildman–Crippen LogP) is 2.10. The van der Waals surface area contributed by atoms with Gasteiger partial charge in [-0.2, -0.15) is 0 Å². The van der Waals surface area contributed by atoms with E-state index in [-0.39, 0.29) is 17.9 Å². The van der Waals surface area contributed by atoms with Gasteiger partial charge in [-0.25, -0.2) is 0 Å². The Morgan fingerprint density at radius 3 is 2.70 bits per heavy atom. The highest BCUT2D eigenvalue weighted by Crippen LogP contribution is 2.33. The Hall–Kier alpha value is -3.06. The van der Waals surface area contributed by atoms with E-state index < -0.39 is 6.04 Å². The van der Waals surface area contributed by atoms with Gasteiger partial charge < -0.3 is 25.0 Å². The molecule has 156 valence electrons. The van der Waals surface area contributed by atoms with Gasteiger partial charge in [0.25, 0.3) is 0 Å². The average molecular weight is 407 g/mol. The van der Waals surface area contributed by atoms with Crippen LogP contribution in [0.1, 0.15) is 24.0 Å². The quantitative estimate of drug-likeness (QED) is 0.815. The fourth-order valence-corrected chi connectivity index (χ4v) is 4.48. The molecule has 0 unspecified atom stereocenters. The zero-order chi connectivity index (χ0) is 20.5. The van der Waals surface area contributed by atoms with Crippen molar-refractivity contribution >= 4 is 17.5 Å². The minimum absolute atomic E-state index is 0.00401. The Morgan fingerprint density at radius 1 is 1.03 bits per heavy atom. The van der Waals surface area contributed by atoms with Gasteiger partial charge in [0.05, 0.1) is 6.04 Å². The van der Waals surface area contributed by atoms with E-state index in [0.29, 0.717) is 56.3 Å². The summed E-state index contributed by atoms with van der Waals surface area (Å²) < 4.78 is 11.1. The van der Waals surface area contributed by atoms with Crippen LogP contribution in [0.2, 0.25) is 0 Å². The molecular weight excluding hydrogens is 382 g/mol. The molecule has 7 nitrogen and oxygen atoms in total. The van der Waals surface area contributed by atoms with Crippen LogP contribution in [0, 0.1) is 0 Å². The first kappa shape index (κ1) is 18.9. The third-order valence-electron chi connectivity index (χ3n) is 6.03. The Labute approximate surface area is 175 Å². The Balaban J connectivity index is 1.27. The van der Waals surface area contributed by atoms with Crippen LogP contribution in [0.5, 0.6) is 11.5 Å². The first-order chi connectivity index (χ1) is 14.7. The van der Waals surface area contributed by atoms with Gasteiger partial charge in [-0.1, -0.05) is 24.3 Å². The van der Waals surface area contributed by atoms with E-state index in [4.69, 9.17) is 9.47 Å². The lowest BCUT2D eigenvalue weighted by atomic mass is 9.95. The van der Waals surface area contributed by atoms with Gasteiger partial charge in [-0.3, -0.25) is 9.59 Å². The maximum absolute atomic E-state index is 13.2. The summed E-state index contributed by atoms with van der Waals surface area (Å²) in [7, 11) is 0. The highest BCUT2D eigenvalue weighted by molar-refractivity contribution is 5.98. The number of fused-ring (bicyclic) bond motifs is 2. The number of anilines is 1. The molecule has 2 aromatic rings. The first-order valence-corrected chi connectivity index (χ1v) is 10.5. The molecule has 3 aliphatic heterocycles. The second kappa shape index (κ2) is 7.99. The van der Waals surface area contributed by atoms with Crippen LogP contribution in [0.15, 0.2) is 42.5 Å². The van der Waals surface area contributed by atoms with Crippen LogP contribution in [0.25, 0.3) is 0 Å². The van der Waals surface area contributed by atoms with E-state index in [9.17, 15) is 9.59 Å². The molecule has 30 heavy (non-hydrogen) atoms. The van der Waals surface area contributed by atoms with E-state index in [2.05, 4.69) is 22.8 Å². The molecule has 2 N–H and O–H groups in total. The number of nitrogens with zero attached hydrogens (tertiary/aromatic N) is 1. The lowest BCUT2D eigenvalue weighted by Gasteiger charge is -2.31. The second-order valence-corrected chi connectivity index (χ2v) is 7.94. The van der Waals surface area contributed by atoms with Gasteiger partial charge in [0.1, 0.15) is 19.3 Å². The van der Waals surface area contributed by atoms with Gasteiger partial charge in [-0.15, -0.1) is 0 Å². The molecule has 0 aromatic heterocycles. The Kier molecular flexibility index (Phi) is 5.04. The van der Waals surface area contributed by atoms with Crippen LogP contribution in [0.4, 0.5) is 5.69 Å². The second-order valence-electron chi connectivity index (χ2n) is 7.94. The number of hydrogen-bond donors (Lipinski definition) is 2. The van der Waals surface area contributed by atoms with Crippen LogP contribution in [-0.4, -0.2) is 48.6 Å². The van der Waals surface area contributed by atoms with Crippen molar-refractivity contribution in [3.8, 4) is 11.5 Å². The monoisotopic (exact) mass is 407 g/mol. The van der Waals surface area contributed by atoms with Gasteiger partial charge in [-0.05, 0) is 42.5 Å². The third-order valence-corrected chi connectivity index (χ3v) is 6.03. The van der Waals surface area contributed by atoms with E-state index in [1.165, 1.54) is 11.1 Å². The van der Waals surface area contributed by atoms with Crippen LogP contribution in [0.3, 0.4) is 0 Å². The summed E-state index contributed by atoms with van der Waals surface area (Å²) >= 11 is 0. The van der Waals surface area contributed by atoms with Gasteiger partial charge in [0.15, 0.2) is 11.5 Å². The summed E-state index contributed by atoms with van der Waals surface area (Å²) in [6.45, 7) is 2.30. The molecule has 0 aliphatic carbocycles. The number of ether oxygens (including phenoxy) is 2. The Bertz CT molecular complexity index is 977. The maximum Gasteiger partial charge on any atom is 0.247 e. The lowest BCUT2D eigenvalue weighted by molar-refractivity contribution is -0.138. The summed E-state index contributed by atoms with van der Waals surface area (Å²) in [5, 5.41) is 6.29. The molecule has 0 radical (unpaired) electrons. The highest BCUT2D eigenvalue weighted by atomic mass is 16.6. The number of amides is 2. The Morgan fingerprint density at radius 2 is 1.83 bits per heavy atom. The normalized spacial score (nSPS) is 22.3. The SMILES string of the molecule is O=C(Nc1ccc2c(c1)OCCO2)[C@@H]1CCCN1C(=O)[C@H]1Cc2ccccc2CN1. The molecule has 0 saturated carbocycles. The molecule has 7 heteroatoms. The first-order valence-electron chi connectivity index (χ1n) is 10.5. The van der Waals surface area contributed by atoms with Crippen LogP contribution >= 0.6 is 0 Å². The number of benzene rings is 2. The fraction of sp³-hybridized carbons (Fsp3) is 0.391. The third kappa shape index (κ3) is 3.61. The summed E-state index contributed by atoms with van der Waals surface area (Å²) in [5.74, 6) is 1.15. The molecule has 0 spiro atoms. The zero-order valence-electron chi connectivity index (χ0n) is 16.7. The molecule has 0 bridgehead atoms. The summed E-state index contributed by atoms with van der Waals surface area (Å²) in [6, 6.07) is 12.8. The maximum atomic E-state index is 13.2. The van der Waals surface area contributed by atoms with Crippen molar-refractivity contribution in [1.82, 2.24) is 10.2 Å². The minimum Gasteiger partial charge on any atom is -0.486 e. The predicted molar refractivity (Wildman–Crippen MR) is 112 cm³/mol. The molecule has 1 saturated heterocycles. The van der Waals surface area contributed by atoms with Crippen molar-refractivity contribution in [2.45, 2.75) is 37.9 Å². The smallest absolute Gasteiger partial charge is 0.247 e. The summed E-state index contributed by atoms with van der Waals surface area (Å²) in [6.07, 6.45) is 2.15. The van der Waals surface area contributed by atoms with Gasteiger partial charge >= 0.3 is 0 Å². The highest BCUT2D eigenvalue weighted by Gasteiger charge is 2.38. The zero-order valence-corrected chi connectivity index (χ0v) is 16.7. The average Bonchev–Trinajstić information content (AvgIpc) is 3.28. The van der Waals surface area contributed by atoms with Crippen molar-refractivity contribution in [2.24, 2.45) is 0 Å². The number of nitrogens with one attached hydrogen (secondary N) is 2. The van der Waals surface area contributed by atoms with Crippen molar-refractivity contribution in [3.63, 3.8) is 0 Å². The van der Waals surface area contributed by atoms with E-state index in [1.54, 1.807) is 23.1 Å². The van der Waals surface area contributed by atoms with Crippen molar-refractivity contribution < 1.29 is 19.1 Å². The molecule has 2 aromatic carbocycles. The summed E-state index contributed by atoms with van der Waals surface area (Å²) in [5.41, 5.74) is 3.08. The standard InChI is InChI=1S/C23H25N3O4/c27-22(25-17-7-8-20-21(13-17)30-11-10-29-20)19-6-3-9-26(19)23(28)18-12-15-4-1-2-5-16(15)14-24-18/h1-2,4-5,7-8,13,18-19,24H,3,6,9-12,14H2,(H,25,27)/t18-,19+/m1/s1. The molecule has 3 aliphatic rings. The number of likely N-dealkylation sites (tertiary alicyclic amines) is 1. The molecule has 3 heterocycles. The van der Waals surface area contributed by atoms with Crippen molar-refractivity contribution in [2.75, 3.05) is 25.1 Å². The number of carbonyl (C=O) groups excluding carboxylic acids is 2. The van der Waals surface area contributed by atoms with E-state index in [0.717, 1.165) is 6.42 Å².